The molecule has 1 heterocycles. The van der Waals surface area contributed by atoms with Crippen molar-refractivity contribution in [2.45, 2.75) is 25.1 Å². The van der Waals surface area contributed by atoms with Crippen LogP contribution >= 0.6 is 15.9 Å². The van der Waals surface area contributed by atoms with Gasteiger partial charge in [-0.2, -0.15) is 18.3 Å². The number of nitrogens with zero attached hydrogens (tertiary/aromatic N) is 2. The van der Waals surface area contributed by atoms with Gasteiger partial charge >= 0.3 is 12.1 Å². The molecule has 0 aliphatic rings. The summed E-state index contributed by atoms with van der Waals surface area (Å²) in [4.78, 5) is 23.5. The quantitative estimate of drug-likeness (QED) is 0.732. The Bertz CT molecular complexity index is 821. The molecule has 2 aromatic rings. The molecule has 0 saturated carbocycles. The largest absolute Gasteiger partial charge is 0.479 e. The molecule has 1 aromatic heterocycles. The van der Waals surface area contributed by atoms with Crippen LogP contribution in [0.4, 0.5) is 13.2 Å². The van der Waals surface area contributed by atoms with E-state index < -0.39 is 29.7 Å². The molecule has 0 radical (unpaired) electrons. The van der Waals surface area contributed by atoms with Crippen molar-refractivity contribution in [2.24, 2.45) is 7.05 Å². The number of carbonyl (C=O) groups excluding carboxylic acids is 1. The third kappa shape index (κ3) is 4.84. The van der Waals surface area contributed by atoms with Gasteiger partial charge in [-0.3, -0.25) is 9.48 Å². The number of rotatable bonds is 6. The SMILES string of the molecule is Cn1nccc1C(NC(=O)CCc1cc(C(F)(F)F)ccc1Br)C(=O)O. The number of halogens is 4. The Labute approximate surface area is 155 Å². The van der Waals surface area contributed by atoms with Crippen LogP contribution in [0.5, 0.6) is 0 Å². The number of amides is 1. The van der Waals surface area contributed by atoms with E-state index in [1.165, 1.54) is 30.1 Å². The maximum absolute atomic E-state index is 12.8. The van der Waals surface area contributed by atoms with Crippen LogP contribution in [0.1, 0.15) is 29.3 Å². The first-order chi connectivity index (χ1) is 12.1. The van der Waals surface area contributed by atoms with E-state index in [1.807, 2.05) is 0 Å². The Morgan fingerprint density at radius 3 is 2.58 bits per heavy atom. The Morgan fingerprint density at radius 2 is 2.04 bits per heavy atom. The molecule has 10 heteroatoms. The average Bonchev–Trinajstić information content (AvgIpc) is 2.96. The summed E-state index contributed by atoms with van der Waals surface area (Å²) >= 11 is 3.16. The van der Waals surface area contributed by atoms with Crippen molar-refractivity contribution in [3.05, 3.63) is 51.8 Å². The van der Waals surface area contributed by atoms with Crippen molar-refractivity contribution in [1.82, 2.24) is 15.1 Å². The summed E-state index contributed by atoms with van der Waals surface area (Å²) < 4.78 is 40.1. The van der Waals surface area contributed by atoms with Crippen molar-refractivity contribution in [2.75, 3.05) is 0 Å². The highest BCUT2D eigenvalue weighted by molar-refractivity contribution is 9.10. The third-order valence-electron chi connectivity index (χ3n) is 3.70. The molecule has 0 saturated heterocycles. The topological polar surface area (TPSA) is 84.2 Å². The van der Waals surface area contributed by atoms with E-state index >= 15 is 0 Å². The van der Waals surface area contributed by atoms with Crippen LogP contribution in [0.25, 0.3) is 0 Å². The summed E-state index contributed by atoms with van der Waals surface area (Å²) in [7, 11) is 1.54. The molecule has 0 spiro atoms. The minimum Gasteiger partial charge on any atom is -0.479 e. The van der Waals surface area contributed by atoms with Crippen molar-refractivity contribution in [3.8, 4) is 0 Å². The van der Waals surface area contributed by atoms with E-state index in [1.54, 1.807) is 0 Å². The molecule has 2 N–H and O–H groups in total. The van der Waals surface area contributed by atoms with Crippen LogP contribution in [-0.2, 0) is 29.2 Å². The first kappa shape index (κ1) is 20.0. The van der Waals surface area contributed by atoms with Gasteiger partial charge in [0, 0.05) is 24.1 Å². The average molecular weight is 434 g/mol. The molecule has 0 aliphatic heterocycles. The molecular formula is C16H15BrF3N3O3. The number of alkyl halides is 3. The van der Waals surface area contributed by atoms with Crippen LogP contribution in [0.15, 0.2) is 34.9 Å². The Morgan fingerprint density at radius 1 is 1.35 bits per heavy atom. The zero-order valence-electron chi connectivity index (χ0n) is 13.5. The molecule has 140 valence electrons. The van der Waals surface area contributed by atoms with Gasteiger partial charge in [-0.05, 0) is 36.2 Å². The fourth-order valence-corrected chi connectivity index (χ4v) is 2.80. The number of hydrogen-bond donors (Lipinski definition) is 2. The maximum Gasteiger partial charge on any atom is 0.416 e. The predicted octanol–water partition coefficient (Wildman–Crippen LogP) is 3.08. The van der Waals surface area contributed by atoms with Crippen molar-refractivity contribution < 1.29 is 27.9 Å². The number of aliphatic carboxylic acids is 1. The zero-order valence-corrected chi connectivity index (χ0v) is 15.1. The predicted molar refractivity (Wildman–Crippen MR) is 89.2 cm³/mol. The summed E-state index contributed by atoms with van der Waals surface area (Å²) in [5.41, 5.74) is -0.220. The standard InChI is InChI=1S/C16H15BrF3N3O3/c1-23-12(6-7-21-23)14(15(25)26)22-13(24)5-2-9-8-10(16(18,19)20)3-4-11(9)17/h3-4,6-8,14H,2,5H2,1H3,(H,22,24)(H,25,26). The number of aryl methyl sites for hydroxylation is 2. The van der Waals surface area contributed by atoms with Crippen LogP contribution < -0.4 is 5.32 Å². The van der Waals surface area contributed by atoms with E-state index in [-0.39, 0.29) is 18.5 Å². The maximum atomic E-state index is 12.8. The number of aromatic nitrogens is 2. The molecule has 1 atom stereocenters. The van der Waals surface area contributed by atoms with Crippen molar-refractivity contribution in [1.29, 1.82) is 0 Å². The van der Waals surface area contributed by atoms with E-state index in [0.29, 0.717) is 10.0 Å². The molecule has 1 unspecified atom stereocenters. The highest BCUT2D eigenvalue weighted by Gasteiger charge is 2.31. The molecule has 0 aliphatic carbocycles. The van der Waals surface area contributed by atoms with Crippen molar-refractivity contribution >= 4 is 27.8 Å². The number of carbonyl (C=O) groups is 2. The molecule has 2 rings (SSSR count). The number of nitrogens with one attached hydrogen (secondary N) is 1. The highest BCUT2D eigenvalue weighted by Crippen LogP contribution is 2.32. The number of benzene rings is 1. The van der Waals surface area contributed by atoms with Gasteiger partial charge in [-0.1, -0.05) is 15.9 Å². The molecule has 1 amide bonds. The van der Waals surface area contributed by atoms with Gasteiger partial charge in [0.2, 0.25) is 5.91 Å². The monoisotopic (exact) mass is 433 g/mol. The van der Waals surface area contributed by atoms with E-state index in [2.05, 4.69) is 26.3 Å². The lowest BCUT2D eigenvalue weighted by Gasteiger charge is -2.15. The van der Waals surface area contributed by atoms with Crippen LogP contribution in [-0.4, -0.2) is 26.8 Å². The van der Waals surface area contributed by atoms with Crippen molar-refractivity contribution in [3.63, 3.8) is 0 Å². The molecule has 0 fully saturated rings. The fraction of sp³-hybridized carbons (Fsp3) is 0.312. The normalized spacial score (nSPS) is 12.7. The molecule has 6 nitrogen and oxygen atoms in total. The Hall–Kier alpha value is -2.36. The second-order valence-corrected chi connectivity index (χ2v) is 6.38. The van der Waals surface area contributed by atoms with Crippen LogP contribution in [0, 0.1) is 0 Å². The van der Waals surface area contributed by atoms with Gasteiger partial charge in [-0.15, -0.1) is 0 Å². The smallest absolute Gasteiger partial charge is 0.416 e. The summed E-state index contributed by atoms with van der Waals surface area (Å²) in [6.07, 6.45) is -3.22. The van der Waals surface area contributed by atoms with E-state index in [4.69, 9.17) is 0 Å². The number of hydrogen-bond acceptors (Lipinski definition) is 3. The number of carboxylic acids is 1. The molecule has 26 heavy (non-hydrogen) atoms. The lowest BCUT2D eigenvalue weighted by atomic mass is 10.1. The van der Waals surface area contributed by atoms with Gasteiger partial charge in [0.25, 0.3) is 0 Å². The lowest BCUT2D eigenvalue weighted by Crippen LogP contribution is -2.35. The minimum absolute atomic E-state index is 0.0219. The lowest BCUT2D eigenvalue weighted by molar-refractivity contribution is -0.142. The summed E-state index contributed by atoms with van der Waals surface area (Å²) in [6.45, 7) is 0. The van der Waals surface area contributed by atoms with Gasteiger partial charge < -0.3 is 10.4 Å². The molecular weight excluding hydrogens is 419 g/mol. The molecule has 0 bridgehead atoms. The van der Waals surface area contributed by atoms with Gasteiger partial charge in [0.05, 0.1) is 11.3 Å². The van der Waals surface area contributed by atoms with E-state index in [0.717, 1.165) is 12.1 Å². The van der Waals surface area contributed by atoms with E-state index in [9.17, 15) is 27.9 Å². The Kier molecular flexibility index (Phi) is 6.06. The minimum atomic E-state index is -4.48. The van der Waals surface area contributed by atoms with Crippen LogP contribution in [0.3, 0.4) is 0 Å². The van der Waals surface area contributed by atoms with Gasteiger partial charge in [0.15, 0.2) is 6.04 Å². The second-order valence-electron chi connectivity index (χ2n) is 5.52. The second kappa shape index (κ2) is 7.90. The summed E-state index contributed by atoms with van der Waals surface area (Å²) in [6, 6.07) is 3.35. The first-order valence-electron chi connectivity index (χ1n) is 7.45. The van der Waals surface area contributed by atoms with Gasteiger partial charge in [0.1, 0.15) is 0 Å². The first-order valence-corrected chi connectivity index (χ1v) is 8.24. The van der Waals surface area contributed by atoms with Crippen LogP contribution in [0.2, 0.25) is 0 Å². The zero-order chi connectivity index (χ0) is 19.5. The Balaban J connectivity index is 2.06. The van der Waals surface area contributed by atoms with Gasteiger partial charge in [-0.25, -0.2) is 4.79 Å². The number of carboxylic acid groups (broad SMARTS) is 1. The summed E-state index contributed by atoms with van der Waals surface area (Å²) in [5, 5.41) is 15.5. The molecule has 1 aromatic carbocycles. The summed E-state index contributed by atoms with van der Waals surface area (Å²) in [5.74, 6) is -1.86. The fourth-order valence-electron chi connectivity index (χ4n) is 2.35. The third-order valence-corrected chi connectivity index (χ3v) is 4.47. The highest BCUT2D eigenvalue weighted by atomic mass is 79.9.